The van der Waals surface area contributed by atoms with Crippen molar-refractivity contribution in [2.24, 2.45) is 0 Å². The summed E-state index contributed by atoms with van der Waals surface area (Å²) in [5.41, 5.74) is 1.35. The highest BCUT2D eigenvalue weighted by atomic mass is 19.1. The van der Waals surface area contributed by atoms with Crippen LogP contribution in [0.25, 0.3) is 0 Å². The molecule has 0 bridgehead atoms. The van der Waals surface area contributed by atoms with E-state index in [1.165, 1.54) is 12.1 Å². The van der Waals surface area contributed by atoms with Gasteiger partial charge in [-0.25, -0.2) is 4.39 Å². The van der Waals surface area contributed by atoms with Crippen LogP contribution in [0.3, 0.4) is 0 Å². The van der Waals surface area contributed by atoms with E-state index in [-0.39, 0.29) is 5.82 Å². The van der Waals surface area contributed by atoms with E-state index in [2.05, 4.69) is 0 Å². The normalized spacial score (nSPS) is 9.85. The Labute approximate surface area is 117 Å². The van der Waals surface area contributed by atoms with E-state index in [1.54, 1.807) is 37.3 Å². The molecular weight excluding hydrogens is 257 g/mol. The highest BCUT2D eigenvalue weighted by Crippen LogP contribution is 2.18. The summed E-state index contributed by atoms with van der Waals surface area (Å²) in [6, 6.07) is 13.3. The fourth-order valence-electron chi connectivity index (χ4n) is 1.71. The van der Waals surface area contributed by atoms with E-state index in [1.807, 2.05) is 6.07 Å². The molecule has 0 saturated carbocycles. The van der Waals surface area contributed by atoms with Gasteiger partial charge < -0.3 is 9.47 Å². The molecule has 0 aliphatic rings. The summed E-state index contributed by atoms with van der Waals surface area (Å²) in [7, 11) is 0. The molecule has 0 aliphatic heterocycles. The molecule has 3 nitrogen and oxygen atoms in total. The van der Waals surface area contributed by atoms with Crippen LogP contribution in [0, 0.1) is 24.1 Å². The number of ether oxygens (including phenoxy) is 2. The number of rotatable bonds is 5. The van der Waals surface area contributed by atoms with Gasteiger partial charge in [-0.05, 0) is 55.0 Å². The molecule has 0 radical (unpaired) electrons. The molecule has 0 unspecified atom stereocenters. The summed E-state index contributed by atoms with van der Waals surface area (Å²) < 4.78 is 23.9. The van der Waals surface area contributed by atoms with Gasteiger partial charge in [0.05, 0.1) is 11.6 Å². The smallest absolute Gasteiger partial charge is 0.123 e. The number of nitrogens with zero attached hydrogens (tertiary/aromatic N) is 1. The second-order valence-electron chi connectivity index (χ2n) is 4.24. The van der Waals surface area contributed by atoms with Crippen molar-refractivity contribution in [1.29, 1.82) is 5.26 Å². The van der Waals surface area contributed by atoms with Crippen molar-refractivity contribution in [3.05, 3.63) is 59.4 Å². The Balaban J connectivity index is 1.80. The Bertz CT molecular complexity index is 617. The molecular formula is C16H14FNO2. The van der Waals surface area contributed by atoms with E-state index >= 15 is 0 Å². The van der Waals surface area contributed by atoms with Crippen LogP contribution in [0.5, 0.6) is 11.5 Å². The molecule has 0 aliphatic carbocycles. The molecule has 0 aromatic heterocycles. The predicted octanol–water partition coefficient (Wildman–Crippen LogP) is 3.46. The summed E-state index contributed by atoms with van der Waals surface area (Å²) in [4.78, 5) is 0. The van der Waals surface area contributed by atoms with Crippen molar-refractivity contribution in [3.63, 3.8) is 0 Å². The Morgan fingerprint density at radius 1 is 1.05 bits per heavy atom. The van der Waals surface area contributed by atoms with Crippen LogP contribution in [-0.2, 0) is 0 Å². The molecule has 20 heavy (non-hydrogen) atoms. The lowest BCUT2D eigenvalue weighted by atomic mass is 10.2. The van der Waals surface area contributed by atoms with Gasteiger partial charge in [0.15, 0.2) is 0 Å². The lowest BCUT2D eigenvalue weighted by Gasteiger charge is -2.10. The van der Waals surface area contributed by atoms with Gasteiger partial charge in [0.2, 0.25) is 0 Å². The predicted molar refractivity (Wildman–Crippen MR) is 73.3 cm³/mol. The summed E-state index contributed by atoms with van der Waals surface area (Å²) >= 11 is 0. The van der Waals surface area contributed by atoms with E-state index < -0.39 is 0 Å². The summed E-state index contributed by atoms with van der Waals surface area (Å²) in [5, 5.41) is 8.68. The maximum absolute atomic E-state index is 12.9. The number of nitriles is 1. The molecule has 0 saturated heterocycles. The number of aryl methyl sites for hydroxylation is 1. The second-order valence-corrected chi connectivity index (χ2v) is 4.24. The van der Waals surface area contributed by atoms with Gasteiger partial charge in [0.1, 0.15) is 30.5 Å². The van der Waals surface area contributed by atoms with Crippen molar-refractivity contribution in [2.75, 3.05) is 13.2 Å². The standard InChI is InChI=1S/C16H14FNO2/c1-12-10-14(17)4-7-16(12)20-9-8-19-15-5-2-13(11-18)3-6-15/h2-7,10H,8-9H2,1H3. The number of hydrogen-bond donors (Lipinski definition) is 0. The Kier molecular flexibility index (Phi) is 4.56. The number of halogens is 1. The number of benzene rings is 2. The lowest BCUT2D eigenvalue weighted by molar-refractivity contribution is 0.216. The minimum Gasteiger partial charge on any atom is -0.490 e. The topological polar surface area (TPSA) is 42.2 Å². The van der Waals surface area contributed by atoms with Crippen LogP contribution in [0.2, 0.25) is 0 Å². The van der Waals surface area contributed by atoms with Gasteiger partial charge >= 0.3 is 0 Å². The van der Waals surface area contributed by atoms with Crippen LogP contribution < -0.4 is 9.47 Å². The SMILES string of the molecule is Cc1cc(F)ccc1OCCOc1ccc(C#N)cc1. The van der Waals surface area contributed by atoms with Gasteiger partial charge in [0.25, 0.3) is 0 Å². The quantitative estimate of drug-likeness (QED) is 0.782. The van der Waals surface area contributed by atoms with E-state index in [9.17, 15) is 4.39 Å². The van der Waals surface area contributed by atoms with Gasteiger partial charge in [-0.1, -0.05) is 0 Å². The fourth-order valence-corrected chi connectivity index (χ4v) is 1.71. The highest BCUT2D eigenvalue weighted by Gasteiger charge is 2.01. The molecule has 0 fully saturated rings. The van der Waals surface area contributed by atoms with Crippen molar-refractivity contribution in [2.45, 2.75) is 6.92 Å². The first-order chi connectivity index (χ1) is 9.69. The third-order valence-electron chi connectivity index (χ3n) is 2.73. The lowest BCUT2D eigenvalue weighted by Crippen LogP contribution is -2.09. The number of hydrogen-bond acceptors (Lipinski definition) is 3. The maximum atomic E-state index is 12.9. The highest BCUT2D eigenvalue weighted by molar-refractivity contribution is 5.34. The molecule has 0 atom stereocenters. The first-order valence-corrected chi connectivity index (χ1v) is 6.21. The van der Waals surface area contributed by atoms with E-state index in [0.717, 1.165) is 5.56 Å². The Hall–Kier alpha value is -2.54. The average molecular weight is 271 g/mol. The van der Waals surface area contributed by atoms with Crippen LogP contribution in [0.1, 0.15) is 11.1 Å². The summed E-state index contributed by atoms with van der Waals surface area (Å²) in [5.74, 6) is 1.06. The molecule has 2 rings (SSSR count). The zero-order valence-corrected chi connectivity index (χ0v) is 11.1. The van der Waals surface area contributed by atoms with Crippen molar-refractivity contribution in [1.82, 2.24) is 0 Å². The molecule has 0 N–H and O–H groups in total. The maximum Gasteiger partial charge on any atom is 0.123 e. The van der Waals surface area contributed by atoms with Crippen LogP contribution >= 0.6 is 0 Å². The van der Waals surface area contributed by atoms with Gasteiger partial charge in [-0.3, -0.25) is 0 Å². The third kappa shape index (κ3) is 3.72. The van der Waals surface area contributed by atoms with Crippen molar-refractivity contribution >= 4 is 0 Å². The largest absolute Gasteiger partial charge is 0.490 e. The minimum absolute atomic E-state index is 0.274. The van der Waals surface area contributed by atoms with Gasteiger partial charge in [0, 0.05) is 0 Å². The fraction of sp³-hybridized carbons (Fsp3) is 0.188. The average Bonchev–Trinajstić information content (AvgIpc) is 2.46. The molecule has 2 aromatic rings. The molecule has 0 spiro atoms. The van der Waals surface area contributed by atoms with Crippen molar-refractivity contribution < 1.29 is 13.9 Å². The third-order valence-corrected chi connectivity index (χ3v) is 2.73. The Morgan fingerprint density at radius 2 is 1.75 bits per heavy atom. The van der Waals surface area contributed by atoms with Gasteiger partial charge in [-0.2, -0.15) is 5.26 Å². The molecule has 0 heterocycles. The van der Waals surface area contributed by atoms with Crippen LogP contribution in [0.15, 0.2) is 42.5 Å². The summed E-state index contributed by atoms with van der Waals surface area (Å²) in [6.45, 7) is 2.54. The first kappa shape index (κ1) is 13.9. The minimum atomic E-state index is -0.274. The zero-order valence-electron chi connectivity index (χ0n) is 11.1. The molecule has 4 heteroatoms. The zero-order chi connectivity index (χ0) is 14.4. The second kappa shape index (κ2) is 6.58. The van der Waals surface area contributed by atoms with E-state index in [0.29, 0.717) is 30.3 Å². The van der Waals surface area contributed by atoms with Gasteiger partial charge in [-0.15, -0.1) is 0 Å². The summed E-state index contributed by atoms with van der Waals surface area (Å²) in [6.07, 6.45) is 0. The molecule has 102 valence electrons. The Morgan fingerprint density at radius 3 is 2.40 bits per heavy atom. The van der Waals surface area contributed by atoms with E-state index in [4.69, 9.17) is 14.7 Å². The monoisotopic (exact) mass is 271 g/mol. The van der Waals surface area contributed by atoms with Crippen LogP contribution in [-0.4, -0.2) is 13.2 Å². The molecule has 2 aromatic carbocycles. The molecule has 0 amide bonds. The van der Waals surface area contributed by atoms with Crippen molar-refractivity contribution in [3.8, 4) is 17.6 Å². The first-order valence-electron chi connectivity index (χ1n) is 6.21. The van der Waals surface area contributed by atoms with Crippen LogP contribution in [0.4, 0.5) is 4.39 Å².